The van der Waals surface area contributed by atoms with Gasteiger partial charge in [0.25, 0.3) is 0 Å². The first-order chi connectivity index (χ1) is 82.2. The maximum absolute atomic E-state index is 9.84. The van der Waals surface area contributed by atoms with Gasteiger partial charge >= 0.3 is 0 Å². The molecule has 0 aliphatic heterocycles. The van der Waals surface area contributed by atoms with Crippen LogP contribution in [0.3, 0.4) is 0 Å². The lowest BCUT2D eigenvalue weighted by Crippen LogP contribution is -2.10. The molecule has 0 bridgehead atoms. The van der Waals surface area contributed by atoms with Gasteiger partial charge in [0.05, 0.1) is 56.9 Å². The average Bonchev–Trinajstić information content (AvgIpc) is 1.03. The summed E-state index contributed by atoms with van der Waals surface area (Å²) in [5.41, 5.74) is 9.94. The number of fused-ring (bicyclic) bond motifs is 21. The lowest BCUT2D eigenvalue weighted by molar-refractivity contribution is 1.18. The van der Waals surface area contributed by atoms with Crippen LogP contribution in [0.15, 0.2) is 582 Å². The normalized spacial score (nSPS) is 13.5. The van der Waals surface area contributed by atoms with Crippen molar-refractivity contribution < 1.29 is 28.8 Å². The first kappa shape index (κ1) is 67.8. The zero-order chi connectivity index (χ0) is 116. The van der Waals surface area contributed by atoms with Crippen LogP contribution in [0.25, 0.3) is 212 Å². The molecule has 0 atom stereocenters. The zero-order valence-corrected chi connectivity index (χ0v) is 79.6. The zero-order valence-electron chi connectivity index (χ0n) is 101. The van der Waals surface area contributed by atoms with Gasteiger partial charge in [-0.15, -0.1) is 0 Å². The van der Waals surface area contributed by atoms with Crippen LogP contribution in [0.2, 0.25) is 0 Å². The molecule has 1 aromatic heterocycles. The van der Waals surface area contributed by atoms with E-state index in [1.165, 1.54) is 15.2 Å². The van der Waals surface area contributed by atoms with Gasteiger partial charge < -0.3 is 19.3 Å². The molecule has 148 heavy (non-hydrogen) atoms. The van der Waals surface area contributed by atoms with Gasteiger partial charge in [0.2, 0.25) is 0 Å². The van der Waals surface area contributed by atoms with Crippen LogP contribution in [0, 0.1) is 0 Å². The van der Waals surface area contributed by atoms with Crippen molar-refractivity contribution in [2.24, 2.45) is 0 Å². The number of hydrogen-bond donors (Lipinski definition) is 0. The number of nitrogens with zero attached hydrogens (tertiary/aromatic N) is 4. The molecule has 29 aromatic rings. The molecule has 0 saturated heterocycles. The molecule has 4 nitrogen and oxygen atoms in total. The number of para-hydroxylation sites is 3. The van der Waals surface area contributed by atoms with Crippen molar-refractivity contribution in [1.82, 2.24) is 4.57 Å². The molecule has 1 heterocycles. The molecule has 0 aliphatic rings. The lowest BCUT2D eigenvalue weighted by atomic mass is 9.93. The molecule has 0 N–H and O–H groups in total. The summed E-state index contributed by atoms with van der Waals surface area (Å²) in [4.78, 5) is 4.66. The van der Waals surface area contributed by atoms with Crippen molar-refractivity contribution in [3.8, 4) is 61.3 Å². The van der Waals surface area contributed by atoms with E-state index in [4.69, 9.17) is 6.85 Å². The largest absolute Gasteiger partial charge is 0.310 e. The second-order valence-electron chi connectivity index (χ2n) is 36.8. The number of aromatic nitrogens is 1. The van der Waals surface area contributed by atoms with E-state index >= 15 is 0 Å². The molecule has 0 spiro atoms. The van der Waals surface area contributed by atoms with Crippen molar-refractivity contribution in [1.29, 1.82) is 0 Å². The van der Waals surface area contributed by atoms with Crippen LogP contribution < -0.4 is 14.7 Å². The Morgan fingerprint density at radius 2 is 0.392 bits per heavy atom. The minimum Gasteiger partial charge on any atom is -0.310 e. The predicted octanol–water partition coefficient (Wildman–Crippen LogP) is 40.7. The van der Waals surface area contributed by atoms with Crippen molar-refractivity contribution in [2.45, 2.75) is 0 Å². The molecule has 29 rings (SSSR count). The molecule has 0 fully saturated rings. The molecular weight excluding hydrogens is 1790 g/mol. The molecule has 4 heteroatoms. The highest BCUT2D eigenvalue weighted by Gasteiger charge is 2.25. The summed E-state index contributed by atoms with van der Waals surface area (Å²) >= 11 is 0. The van der Waals surface area contributed by atoms with Gasteiger partial charge in [0.15, 0.2) is 0 Å². The van der Waals surface area contributed by atoms with Crippen LogP contribution in [0.5, 0.6) is 0 Å². The van der Waals surface area contributed by atoms with Crippen molar-refractivity contribution in [3.63, 3.8) is 0 Å². The number of hydrogen-bond acceptors (Lipinski definition) is 3. The fraction of sp³-hybridized carbons (Fsp3) is 0. The van der Waals surface area contributed by atoms with E-state index in [1.807, 2.05) is 308 Å². The standard InChI is InChI=1S/C58H38N2.C46H31N.C40H27N/c1-2-16-44(17-3-1)60-56-25-13-12-24-53(56)55-36-41(30-35-57(55)60)39-26-31-45(32-27-39)59(58-38-43-15-5-7-19-48(43)50-21-10-11-23-52(50)58)46-33-28-40(29-34-46)54-37-42-14-4-6-18-47(42)49-20-8-9-22-51(49)54;1-2-12-32(13-3-1)33-22-26-37(27-23-33)47(46-31-36-15-5-7-17-40(36)42-19-10-11-21-44(42)46)38-28-24-34(25-29-38)45-30-35-14-4-6-16-39(35)41-18-8-9-20-43(41)45;1-2-14-31(15-3-1)41(40-27-30-13-5-7-17-34(30)36-19-10-11-21-38(36)40)32-24-22-28(23-25-32)39-26-29-12-4-6-16-33(29)35-18-8-9-20-37(35)39/h1-38H;1-31H;1-27H/i28D,29D,33D,34D;22D,23D,24D,25D,26D,27D,28D,29D;1D,2D,3D,14D,15D,22D,23D,24D,25D. The summed E-state index contributed by atoms with van der Waals surface area (Å²) in [5, 5.41) is 23.9. The third kappa shape index (κ3) is 15.8. The highest BCUT2D eigenvalue weighted by atomic mass is 15.2. The molecular formula is C144H96N4. The first-order valence-electron chi connectivity index (χ1n) is 59.8. The van der Waals surface area contributed by atoms with Gasteiger partial charge in [0, 0.05) is 66.7 Å². The SMILES string of the molecule is [2H]c1c([2H])c(N(c2c([2H])c([2H])c(-c3cc4ccccc4c4ccccc34)c([2H])c2[2H])c2cc3ccccc3c3ccccc23)c([2H])c([2H])c1-c1ccccc1.[2H]c1c([2H])c(N(c2ccc(-c3ccc4c(c3)c3ccccc3n4-c3ccccc3)cc2)c2cc3ccccc3c3ccccc23)c([2H])c([2H])c1-c1cc2ccccc2c2ccccc12.[2H]c1c([2H])c([2H])c(N(c2c([2H])c([2H])c(-c3cc4ccccc4c4ccccc34)c([2H])c2[2H])c2cc3ccccc3c3ccccc23)c([2H])c1[2H]. The van der Waals surface area contributed by atoms with Crippen LogP contribution in [-0.2, 0) is 0 Å². The highest BCUT2D eigenvalue weighted by Crippen LogP contribution is 2.51. The topological polar surface area (TPSA) is 14.7 Å². The predicted molar refractivity (Wildman–Crippen MR) is 635 cm³/mol. The Hall–Kier alpha value is -19.5. The Kier molecular flexibility index (Phi) is 17.3. The minimum atomic E-state index is -0.579. The van der Waals surface area contributed by atoms with Crippen molar-refractivity contribution in [2.75, 3.05) is 14.7 Å². The quantitative estimate of drug-likeness (QED) is 0.0951. The van der Waals surface area contributed by atoms with Gasteiger partial charge in [-0.2, -0.15) is 0 Å². The van der Waals surface area contributed by atoms with Crippen LogP contribution in [0.1, 0.15) is 28.8 Å². The molecule has 0 unspecified atom stereocenters. The Morgan fingerprint density at radius 3 is 0.750 bits per heavy atom. The molecule has 28 aromatic carbocycles. The van der Waals surface area contributed by atoms with Crippen molar-refractivity contribution in [3.05, 3.63) is 582 Å². The summed E-state index contributed by atoms with van der Waals surface area (Å²) in [6.07, 6.45) is 0. The fourth-order valence-electron chi connectivity index (χ4n) is 21.5. The van der Waals surface area contributed by atoms with E-state index < -0.39 is 42.3 Å². The van der Waals surface area contributed by atoms with E-state index in [1.54, 1.807) is 30.3 Å². The minimum absolute atomic E-state index is 0.0916. The number of rotatable bonds is 15. The smallest absolute Gasteiger partial charge is 0.0645 e. The summed E-state index contributed by atoms with van der Waals surface area (Å²) < 4.78 is 198. The molecule has 0 aliphatic carbocycles. The first-order valence-corrected chi connectivity index (χ1v) is 49.3. The Balaban J connectivity index is 0.000000122. The maximum atomic E-state index is 9.84. The Labute approximate surface area is 888 Å². The Bertz CT molecular complexity index is 11500. The number of benzene rings is 28. The van der Waals surface area contributed by atoms with Gasteiger partial charge in [0.1, 0.15) is 0 Å². The summed E-state index contributed by atoms with van der Waals surface area (Å²) in [7, 11) is 0. The van der Waals surface area contributed by atoms with Crippen molar-refractivity contribution >= 4 is 202 Å². The van der Waals surface area contributed by atoms with E-state index in [-0.39, 0.29) is 135 Å². The van der Waals surface area contributed by atoms with E-state index in [2.05, 4.69) is 126 Å². The third-order valence-electron chi connectivity index (χ3n) is 28.3. The van der Waals surface area contributed by atoms with E-state index in [0.717, 1.165) is 163 Å². The lowest BCUT2D eigenvalue weighted by Gasteiger charge is -2.28. The maximum Gasteiger partial charge on any atom is 0.0645 e. The average molecular weight is 1900 g/mol. The van der Waals surface area contributed by atoms with Gasteiger partial charge in [-0.25, -0.2) is 0 Å². The monoisotopic (exact) mass is 1900 g/mol. The highest BCUT2D eigenvalue weighted by molar-refractivity contribution is 6.21. The second kappa shape index (κ2) is 37.7. The summed E-state index contributed by atoms with van der Waals surface area (Å²) in [6.45, 7) is 0. The second-order valence-corrected chi connectivity index (χ2v) is 36.8. The number of anilines is 9. The van der Waals surface area contributed by atoms with Gasteiger partial charge in [-0.3, -0.25) is 0 Å². The van der Waals surface area contributed by atoms with Crippen LogP contribution in [0.4, 0.5) is 51.2 Å². The molecule has 0 radical (unpaired) electrons. The van der Waals surface area contributed by atoms with E-state index in [0.29, 0.717) is 44.4 Å². The van der Waals surface area contributed by atoms with E-state index in [9.17, 15) is 21.9 Å². The van der Waals surface area contributed by atoms with Gasteiger partial charge in [-0.05, 0) is 308 Å². The summed E-state index contributed by atoms with van der Waals surface area (Å²) in [6, 6.07) is 141. The summed E-state index contributed by atoms with van der Waals surface area (Å²) in [5.74, 6) is 0. The Morgan fingerprint density at radius 1 is 0.142 bits per heavy atom. The third-order valence-corrected chi connectivity index (χ3v) is 28.3. The van der Waals surface area contributed by atoms with Gasteiger partial charge in [-0.1, -0.05) is 443 Å². The molecule has 0 amide bonds. The molecule has 0 saturated carbocycles. The molecule has 692 valence electrons. The fourth-order valence-corrected chi connectivity index (χ4v) is 21.5. The van der Waals surface area contributed by atoms with Crippen LogP contribution >= 0.6 is 0 Å². The van der Waals surface area contributed by atoms with Crippen LogP contribution in [-0.4, -0.2) is 4.57 Å².